The van der Waals surface area contributed by atoms with Crippen LogP contribution in [0.25, 0.3) is 22.2 Å². The van der Waals surface area contributed by atoms with Gasteiger partial charge in [0.1, 0.15) is 17.2 Å². The van der Waals surface area contributed by atoms with Gasteiger partial charge in [-0.1, -0.05) is 0 Å². The normalized spacial score (nSPS) is 12.2. The first-order valence-electron chi connectivity index (χ1n) is 10.8. The minimum atomic E-state index is -0.0270. The third kappa shape index (κ3) is 3.62. The maximum atomic E-state index is 13.9. The largest absolute Gasteiger partial charge is 0.497 e. The van der Waals surface area contributed by atoms with E-state index in [-0.39, 0.29) is 12.6 Å². The molecule has 1 aliphatic rings. The van der Waals surface area contributed by atoms with Crippen LogP contribution in [0, 0.1) is 0 Å². The molecule has 0 spiro atoms. The smallest absolute Gasteiger partial charge is 0.195 e. The summed E-state index contributed by atoms with van der Waals surface area (Å²) >= 11 is 0. The highest BCUT2D eigenvalue weighted by molar-refractivity contribution is 6.21. The molecule has 4 aromatic rings. The Bertz CT molecular complexity index is 1340. The van der Waals surface area contributed by atoms with Gasteiger partial charge in [-0.05, 0) is 66.6 Å². The van der Waals surface area contributed by atoms with E-state index in [9.17, 15) is 4.79 Å². The Morgan fingerprint density at radius 2 is 1.58 bits per heavy atom. The van der Waals surface area contributed by atoms with Gasteiger partial charge in [0, 0.05) is 36.2 Å². The summed E-state index contributed by atoms with van der Waals surface area (Å²) in [4.78, 5) is 13.9. The third-order valence-electron chi connectivity index (χ3n) is 6.13. The molecule has 0 radical (unpaired) electrons. The number of fused-ring (bicyclic) bond motifs is 5. The van der Waals surface area contributed by atoms with Crippen molar-refractivity contribution in [2.45, 2.75) is 13.0 Å². The monoisotopic (exact) mass is 443 g/mol. The second-order valence-electron chi connectivity index (χ2n) is 7.94. The van der Waals surface area contributed by atoms with E-state index in [0.717, 1.165) is 46.6 Å². The Morgan fingerprint density at radius 1 is 0.879 bits per heavy atom. The summed E-state index contributed by atoms with van der Waals surface area (Å²) in [6.07, 6.45) is 0.861. The zero-order valence-corrected chi connectivity index (χ0v) is 18.9. The predicted octanol–water partition coefficient (Wildman–Crippen LogP) is 5.10. The van der Waals surface area contributed by atoms with Crippen LogP contribution in [0.15, 0.2) is 60.7 Å². The van der Waals surface area contributed by atoms with E-state index in [1.54, 1.807) is 45.6 Å². The van der Waals surface area contributed by atoms with E-state index in [2.05, 4.69) is 10.6 Å². The van der Waals surface area contributed by atoms with Crippen molar-refractivity contribution in [3.05, 3.63) is 77.4 Å². The first-order valence-corrected chi connectivity index (χ1v) is 10.8. The van der Waals surface area contributed by atoms with Gasteiger partial charge < -0.3 is 23.5 Å². The Balaban J connectivity index is 1.69. The topological polar surface area (TPSA) is 58.9 Å². The molecule has 5 rings (SSSR count). The average molecular weight is 443 g/mol. The molecule has 0 N–H and O–H groups in total. The average Bonchev–Trinajstić information content (AvgIpc) is 3.20. The van der Waals surface area contributed by atoms with Crippen LogP contribution >= 0.6 is 0 Å². The quantitative estimate of drug-likeness (QED) is 0.294. The molecule has 0 aliphatic carbocycles. The van der Waals surface area contributed by atoms with Crippen LogP contribution in [0.2, 0.25) is 0 Å². The number of aryl methyl sites for hydroxylation is 2. The molecule has 3 aromatic carbocycles. The highest BCUT2D eigenvalue weighted by Gasteiger charge is 2.28. The number of hydrogen-bond acceptors (Lipinski definition) is 5. The van der Waals surface area contributed by atoms with Crippen molar-refractivity contribution in [3.63, 3.8) is 0 Å². The molecule has 0 saturated carbocycles. The molecule has 0 saturated heterocycles. The minimum absolute atomic E-state index is 0.0270. The molecule has 1 aliphatic heterocycles. The van der Waals surface area contributed by atoms with Crippen molar-refractivity contribution in [2.24, 2.45) is 0 Å². The minimum Gasteiger partial charge on any atom is -0.497 e. The number of ether oxygens (including phenoxy) is 4. The molecular formula is C27H25NO5. The fourth-order valence-corrected chi connectivity index (χ4v) is 4.54. The second kappa shape index (κ2) is 8.64. The van der Waals surface area contributed by atoms with E-state index >= 15 is 0 Å². The maximum Gasteiger partial charge on any atom is 0.195 e. The number of ketones is 1. The Hall–Kier alpha value is -3.77. The lowest BCUT2D eigenvalue weighted by Crippen LogP contribution is -2.13. The number of aromatic nitrogens is 1. The van der Waals surface area contributed by atoms with Crippen LogP contribution in [0.5, 0.6) is 17.2 Å². The summed E-state index contributed by atoms with van der Waals surface area (Å²) in [5.74, 6) is 2.21. The molecule has 0 bridgehead atoms. The van der Waals surface area contributed by atoms with Gasteiger partial charge in [0.15, 0.2) is 12.6 Å². The molecule has 0 unspecified atom stereocenters. The number of benzene rings is 3. The van der Waals surface area contributed by atoms with Crippen molar-refractivity contribution in [3.8, 4) is 28.5 Å². The lowest BCUT2D eigenvalue weighted by molar-refractivity contribution is 0.0511. The first kappa shape index (κ1) is 21.1. The van der Waals surface area contributed by atoms with Crippen molar-refractivity contribution in [2.75, 3.05) is 28.1 Å². The molecular weight excluding hydrogens is 418 g/mol. The number of carbonyl (C=O) groups is 1. The van der Waals surface area contributed by atoms with Gasteiger partial charge >= 0.3 is 0 Å². The molecule has 6 nitrogen and oxygen atoms in total. The highest BCUT2D eigenvalue weighted by Crippen LogP contribution is 2.42. The second-order valence-corrected chi connectivity index (χ2v) is 7.94. The summed E-state index contributed by atoms with van der Waals surface area (Å²) in [6, 6.07) is 19.1. The van der Waals surface area contributed by atoms with Gasteiger partial charge in [-0.15, -0.1) is 0 Å². The van der Waals surface area contributed by atoms with E-state index in [1.165, 1.54) is 5.56 Å². The summed E-state index contributed by atoms with van der Waals surface area (Å²) in [6.45, 7) is 0.934. The van der Waals surface area contributed by atoms with Gasteiger partial charge in [-0.2, -0.15) is 0 Å². The Labute approximate surface area is 192 Å². The number of hydrogen-bond donors (Lipinski definition) is 0. The van der Waals surface area contributed by atoms with Crippen molar-refractivity contribution in [1.82, 2.24) is 4.57 Å². The van der Waals surface area contributed by atoms with Crippen LogP contribution in [-0.2, 0) is 17.7 Å². The van der Waals surface area contributed by atoms with E-state index in [0.29, 0.717) is 16.9 Å². The molecule has 0 amide bonds. The SMILES string of the molecule is COCOc1ccc(C(=O)c2c3n(c4cc(OC)ccc24)CCc2cc(OC)ccc2-3)cc1. The molecule has 2 heterocycles. The number of rotatable bonds is 7. The third-order valence-corrected chi connectivity index (χ3v) is 6.13. The van der Waals surface area contributed by atoms with Crippen molar-refractivity contribution >= 4 is 16.7 Å². The molecule has 33 heavy (non-hydrogen) atoms. The zero-order chi connectivity index (χ0) is 22.9. The summed E-state index contributed by atoms with van der Waals surface area (Å²) in [5.41, 5.74) is 5.46. The maximum absolute atomic E-state index is 13.9. The van der Waals surface area contributed by atoms with E-state index < -0.39 is 0 Å². The van der Waals surface area contributed by atoms with Gasteiger partial charge in [-0.3, -0.25) is 4.79 Å². The molecule has 168 valence electrons. The van der Waals surface area contributed by atoms with Gasteiger partial charge in [0.2, 0.25) is 0 Å². The van der Waals surface area contributed by atoms with Gasteiger partial charge in [-0.25, -0.2) is 0 Å². The number of carbonyl (C=O) groups excluding carboxylic acids is 1. The standard InChI is InChI=1S/C27H25NO5/c1-30-16-33-19-6-4-17(5-7-19)27(29)25-23-11-9-21(32-3)15-24(23)28-13-12-18-14-20(31-2)8-10-22(18)26(25)28/h4-11,14-15H,12-13,16H2,1-3H3. The van der Waals surface area contributed by atoms with Crippen molar-refractivity contribution < 1.29 is 23.7 Å². The van der Waals surface area contributed by atoms with Gasteiger partial charge in [0.05, 0.1) is 31.0 Å². The summed E-state index contributed by atoms with van der Waals surface area (Å²) < 4.78 is 23.6. The van der Waals surface area contributed by atoms with E-state index in [1.807, 2.05) is 30.3 Å². The lowest BCUT2D eigenvalue weighted by atomic mass is 9.92. The van der Waals surface area contributed by atoms with E-state index in [4.69, 9.17) is 18.9 Å². The molecule has 6 heteroatoms. The first-order chi connectivity index (χ1) is 16.1. The highest BCUT2D eigenvalue weighted by atomic mass is 16.7. The Kier molecular flexibility index (Phi) is 5.52. The van der Waals surface area contributed by atoms with Crippen LogP contribution in [0.4, 0.5) is 0 Å². The molecule has 0 atom stereocenters. The van der Waals surface area contributed by atoms with Crippen LogP contribution < -0.4 is 14.2 Å². The Morgan fingerprint density at radius 3 is 2.30 bits per heavy atom. The molecule has 1 aromatic heterocycles. The van der Waals surface area contributed by atoms with Crippen LogP contribution in [0.1, 0.15) is 21.5 Å². The number of nitrogens with zero attached hydrogens (tertiary/aromatic N) is 1. The van der Waals surface area contributed by atoms with Crippen molar-refractivity contribution in [1.29, 1.82) is 0 Å². The fraction of sp³-hybridized carbons (Fsp3) is 0.222. The zero-order valence-electron chi connectivity index (χ0n) is 18.9. The lowest BCUT2D eigenvalue weighted by Gasteiger charge is -2.22. The number of methoxy groups -OCH3 is 3. The van der Waals surface area contributed by atoms with Gasteiger partial charge in [0.25, 0.3) is 0 Å². The van der Waals surface area contributed by atoms with Crippen LogP contribution in [0.3, 0.4) is 0 Å². The predicted molar refractivity (Wildman–Crippen MR) is 127 cm³/mol. The van der Waals surface area contributed by atoms with Crippen LogP contribution in [-0.4, -0.2) is 38.5 Å². The summed E-state index contributed by atoms with van der Waals surface area (Å²) in [7, 11) is 4.90. The fourth-order valence-electron chi connectivity index (χ4n) is 4.54. The molecule has 0 fully saturated rings. The summed E-state index contributed by atoms with van der Waals surface area (Å²) in [5, 5.41) is 0.916.